The quantitative estimate of drug-likeness (QED) is 0.601. The minimum Gasteiger partial charge on any atom is -0.393 e. The van der Waals surface area contributed by atoms with Crippen LogP contribution in [-0.2, 0) is 4.79 Å². The van der Waals surface area contributed by atoms with Crippen LogP contribution in [0.4, 0.5) is 0 Å². The number of aliphatic hydroxyl groups is 1. The second-order valence-corrected chi connectivity index (χ2v) is 9.34. The Morgan fingerprint density at radius 3 is 2.91 bits per heavy atom. The maximum absolute atomic E-state index is 11.2. The summed E-state index contributed by atoms with van der Waals surface area (Å²) in [6.07, 6.45) is 13.9. The van der Waals surface area contributed by atoms with Crippen molar-refractivity contribution in [1.29, 1.82) is 0 Å². The molecule has 0 amide bonds. The molecule has 4 aliphatic carbocycles. The van der Waals surface area contributed by atoms with E-state index < -0.39 is 0 Å². The van der Waals surface area contributed by atoms with E-state index in [1.54, 1.807) is 5.57 Å². The SMILES string of the molecule is C[C@]12CC(O)[C@H]3[C@@H](CC=C4CCCC[C@@]43C)[C@@H]1CC[C@@H]2CC=O. The van der Waals surface area contributed by atoms with E-state index in [2.05, 4.69) is 19.9 Å². The number of hydrogen-bond acceptors (Lipinski definition) is 2. The van der Waals surface area contributed by atoms with Crippen LogP contribution in [0.3, 0.4) is 0 Å². The average molecular weight is 316 g/mol. The van der Waals surface area contributed by atoms with E-state index in [0.717, 1.165) is 12.7 Å². The van der Waals surface area contributed by atoms with Gasteiger partial charge in [0.15, 0.2) is 0 Å². The zero-order valence-electron chi connectivity index (χ0n) is 14.8. The van der Waals surface area contributed by atoms with Crippen LogP contribution in [0, 0.1) is 34.5 Å². The second-order valence-electron chi connectivity index (χ2n) is 9.34. The topological polar surface area (TPSA) is 37.3 Å². The predicted octanol–water partition coefficient (Wildman–Crippen LogP) is 4.52. The van der Waals surface area contributed by atoms with Crippen LogP contribution in [0.2, 0.25) is 0 Å². The first-order valence-electron chi connectivity index (χ1n) is 9.82. The molecule has 128 valence electrons. The lowest BCUT2D eigenvalue weighted by molar-refractivity contribution is -0.125. The molecule has 0 spiro atoms. The summed E-state index contributed by atoms with van der Waals surface area (Å²) in [5.74, 6) is 2.28. The number of fused-ring (bicyclic) bond motifs is 5. The first-order chi connectivity index (χ1) is 11.0. The van der Waals surface area contributed by atoms with Gasteiger partial charge in [-0.2, -0.15) is 0 Å². The van der Waals surface area contributed by atoms with Crippen LogP contribution in [0.25, 0.3) is 0 Å². The molecule has 0 aromatic rings. The van der Waals surface area contributed by atoms with E-state index in [9.17, 15) is 9.90 Å². The summed E-state index contributed by atoms with van der Waals surface area (Å²) in [5.41, 5.74) is 2.07. The molecular formula is C21H32O2. The van der Waals surface area contributed by atoms with Crippen LogP contribution < -0.4 is 0 Å². The van der Waals surface area contributed by atoms with Gasteiger partial charge in [0.25, 0.3) is 0 Å². The van der Waals surface area contributed by atoms with Crippen LogP contribution in [0.5, 0.6) is 0 Å². The van der Waals surface area contributed by atoms with Crippen LogP contribution >= 0.6 is 0 Å². The summed E-state index contributed by atoms with van der Waals surface area (Å²) in [5, 5.41) is 11.2. The van der Waals surface area contributed by atoms with Gasteiger partial charge in [0, 0.05) is 6.42 Å². The lowest BCUT2D eigenvalue weighted by Gasteiger charge is -2.59. The van der Waals surface area contributed by atoms with Crippen molar-refractivity contribution in [2.45, 2.75) is 77.7 Å². The minimum atomic E-state index is -0.180. The van der Waals surface area contributed by atoms with Gasteiger partial charge in [0.1, 0.15) is 6.29 Å². The molecule has 0 aromatic heterocycles. The number of carbonyl (C=O) groups excluding carboxylic acids is 1. The molecule has 0 heterocycles. The first-order valence-corrected chi connectivity index (χ1v) is 9.82. The summed E-state index contributed by atoms with van der Waals surface area (Å²) < 4.78 is 0. The first kappa shape index (κ1) is 15.9. The summed E-state index contributed by atoms with van der Waals surface area (Å²) >= 11 is 0. The Hall–Kier alpha value is -0.630. The van der Waals surface area contributed by atoms with E-state index in [1.807, 2.05) is 0 Å². The number of rotatable bonds is 2. The molecule has 2 heteroatoms. The highest BCUT2D eigenvalue weighted by atomic mass is 16.3. The van der Waals surface area contributed by atoms with Gasteiger partial charge in [-0.1, -0.05) is 31.9 Å². The predicted molar refractivity (Wildman–Crippen MR) is 91.9 cm³/mol. The maximum atomic E-state index is 11.2. The molecule has 3 saturated carbocycles. The van der Waals surface area contributed by atoms with Crippen molar-refractivity contribution in [3.8, 4) is 0 Å². The van der Waals surface area contributed by atoms with Gasteiger partial charge in [-0.3, -0.25) is 0 Å². The highest BCUT2D eigenvalue weighted by Crippen LogP contribution is 2.66. The molecule has 1 N–H and O–H groups in total. The summed E-state index contributed by atoms with van der Waals surface area (Å²) in [4.78, 5) is 11.1. The van der Waals surface area contributed by atoms with Gasteiger partial charge in [-0.25, -0.2) is 0 Å². The molecule has 0 saturated heterocycles. The van der Waals surface area contributed by atoms with E-state index in [-0.39, 0.29) is 16.9 Å². The molecule has 3 fully saturated rings. The van der Waals surface area contributed by atoms with Gasteiger partial charge in [-0.05, 0) is 79.4 Å². The van der Waals surface area contributed by atoms with Crippen molar-refractivity contribution < 1.29 is 9.90 Å². The molecule has 0 bridgehead atoms. The molecule has 7 atom stereocenters. The minimum absolute atomic E-state index is 0.178. The van der Waals surface area contributed by atoms with Gasteiger partial charge < -0.3 is 9.90 Å². The van der Waals surface area contributed by atoms with Gasteiger partial charge in [0.05, 0.1) is 6.10 Å². The van der Waals surface area contributed by atoms with Gasteiger partial charge in [-0.15, -0.1) is 0 Å². The molecule has 23 heavy (non-hydrogen) atoms. The number of carbonyl (C=O) groups is 1. The smallest absolute Gasteiger partial charge is 0.120 e. The van der Waals surface area contributed by atoms with E-state index in [1.165, 1.54) is 44.9 Å². The Kier molecular flexibility index (Phi) is 3.75. The number of hydrogen-bond donors (Lipinski definition) is 1. The van der Waals surface area contributed by atoms with Gasteiger partial charge in [0.2, 0.25) is 0 Å². The average Bonchev–Trinajstić information content (AvgIpc) is 2.83. The number of allylic oxidation sites excluding steroid dienone is 2. The molecule has 4 aliphatic rings. The Morgan fingerprint density at radius 1 is 1.30 bits per heavy atom. The fraction of sp³-hybridized carbons (Fsp3) is 0.857. The summed E-state index contributed by atoms with van der Waals surface area (Å²) in [6, 6.07) is 0. The van der Waals surface area contributed by atoms with E-state index in [4.69, 9.17) is 0 Å². The Morgan fingerprint density at radius 2 is 2.13 bits per heavy atom. The van der Waals surface area contributed by atoms with Crippen molar-refractivity contribution in [2.75, 3.05) is 0 Å². The molecule has 0 aromatic carbocycles. The van der Waals surface area contributed by atoms with Crippen molar-refractivity contribution >= 4 is 6.29 Å². The fourth-order valence-corrected chi connectivity index (χ4v) is 7.44. The molecule has 0 aliphatic heterocycles. The van der Waals surface area contributed by atoms with Gasteiger partial charge >= 0.3 is 0 Å². The van der Waals surface area contributed by atoms with E-state index in [0.29, 0.717) is 30.1 Å². The molecular weight excluding hydrogens is 284 g/mol. The van der Waals surface area contributed by atoms with E-state index >= 15 is 0 Å². The van der Waals surface area contributed by atoms with Crippen molar-refractivity contribution in [2.24, 2.45) is 34.5 Å². The highest BCUT2D eigenvalue weighted by Gasteiger charge is 2.60. The molecule has 0 radical (unpaired) electrons. The van der Waals surface area contributed by atoms with Crippen LogP contribution in [0.1, 0.15) is 71.6 Å². The Bertz CT molecular complexity index is 524. The largest absolute Gasteiger partial charge is 0.393 e. The lowest BCUT2D eigenvalue weighted by atomic mass is 9.46. The molecule has 4 rings (SSSR count). The zero-order chi connectivity index (χ0) is 16.2. The number of aldehydes is 1. The second kappa shape index (κ2) is 5.44. The third-order valence-electron chi connectivity index (χ3n) is 8.53. The number of aliphatic hydroxyl groups excluding tert-OH is 1. The fourth-order valence-electron chi connectivity index (χ4n) is 7.44. The van der Waals surface area contributed by atoms with Crippen molar-refractivity contribution in [1.82, 2.24) is 0 Å². The van der Waals surface area contributed by atoms with Crippen LogP contribution in [-0.4, -0.2) is 17.5 Å². The lowest BCUT2D eigenvalue weighted by Crippen LogP contribution is -2.55. The molecule has 2 nitrogen and oxygen atoms in total. The Balaban J connectivity index is 1.70. The third kappa shape index (κ3) is 2.13. The van der Waals surface area contributed by atoms with Crippen LogP contribution in [0.15, 0.2) is 11.6 Å². The maximum Gasteiger partial charge on any atom is 0.120 e. The zero-order valence-corrected chi connectivity index (χ0v) is 14.8. The summed E-state index contributed by atoms with van der Waals surface area (Å²) in [6.45, 7) is 4.82. The highest BCUT2D eigenvalue weighted by molar-refractivity contribution is 5.50. The molecule has 1 unspecified atom stereocenters. The van der Waals surface area contributed by atoms with Crippen molar-refractivity contribution in [3.05, 3.63) is 11.6 Å². The van der Waals surface area contributed by atoms with Crippen molar-refractivity contribution in [3.63, 3.8) is 0 Å². The normalized spacial score (nSPS) is 52.1. The summed E-state index contributed by atoms with van der Waals surface area (Å²) in [7, 11) is 0. The monoisotopic (exact) mass is 316 g/mol. The third-order valence-corrected chi connectivity index (χ3v) is 8.53. The Labute approximate surface area is 140 Å². The standard InChI is InChI=1S/C21H32O2/c1-20-11-4-3-5-14(20)6-8-16-17-9-7-15(10-12-22)21(17,2)13-18(23)19(16)20/h6,12,15-19,23H,3-5,7-11,13H2,1-2H3/t15-,16+,17+,18?,19-,20+,21-/m1/s1.